The molecule has 3 N–H and O–H groups in total. The van der Waals surface area contributed by atoms with Crippen molar-refractivity contribution in [2.24, 2.45) is 0 Å². The Kier molecular flexibility index (Phi) is 11.1. The fourth-order valence-corrected chi connectivity index (χ4v) is 5.80. The fraction of sp³-hybridized carbons (Fsp3) is 0.519. The number of nitrogen functional groups attached to an aromatic ring is 1. The first-order valence-electron chi connectivity index (χ1n) is 13.5. The van der Waals surface area contributed by atoms with E-state index < -0.39 is 49.4 Å². The molecular formula is C27H38FN6O7P. The van der Waals surface area contributed by atoms with Gasteiger partial charge in [0, 0.05) is 0 Å². The molecule has 3 rings (SSSR count). The van der Waals surface area contributed by atoms with E-state index in [0.29, 0.717) is 17.6 Å². The molecule has 0 unspecified atom stereocenters. The summed E-state index contributed by atoms with van der Waals surface area (Å²) in [5, 5.41) is 2.78. The Balaban J connectivity index is 1.81. The number of imidazole rings is 1. The number of benzene rings is 1. The highest BCUT2D eigenvalue weighted by Crippen LogP contribution is 2.46. The van der Waals surface area contributed by atoms with Crippen molar-refractivity contribution in [1.29, 1.82) is 0 Å². The summed E-state index contributed by atoms with van der Waals surface area (Å²) in [7, 11) is -3.97. The van der Waals surface area contributed by atoms with Crippen molar-refractivity contribution in [3.05, 3.63) is 47.8 Å². The van der Waals surface area contributed by atoms with Crippen molar-refractivity contribution in [2.75, 3.05) is 18.7 Å². The molecule has 0 bridgehead atoms. The number of hydrogen-bond donors (Lipinski definition) is 2. The van der Waals surface area contributed by atoms with Crippen molar-refractivity contribution >= 4 is 36.4 Å². The summed E-state index contributed by atoms with van der Waals surface area (Å²) < 4.78 is 52.1. The maximum atomic E-state index is 14.2. The van der Waals surface area contributed by atoms with Crippen LogP contribution < -0.4 is 10.8 Å². The van der Waals surface area contributed by atoms with Crippen LogP contribution in [0, 0.1) is 5.82 Å². The third kappa shape index (κ3) is 8.78. The molecule has 42 heavy (non-hydrogen) atoms. The van der Waals surface area contributed by atoms with E-state index in [4.69, 9.17) is 24.5 Å². The minimum absolute atomic E-state index is 0.0700. The van der Waals surface area contributed by atoms with Gasteiger partial charge in [0.05, 0.1) is 43.9 Å². The summed E-state index contributed by atoms with van der Waals surface area (Å²) in [6.45, 7) is 10.0. The van der Waals surface area contributed by atoms with Gasteiger partial charge >= 0.3 is 11.9 Å². The third-order valence-corrected chi connectivity index (χ3v) is 7.81. The molecule has 0 saturated heterocycles. The molecule has 2 atom stereocenters. The van der Waals surface area contributed by atoms with Crippen molar-refractivity contribution in [1.82, 2.24) is 24.6 Å². The van der Waals surface area contributed by atoms with Crippen LogP contribution in [0.4, 0.5) is 10.2 Å². The van der Waals surface area contributed by atoms with Gasteiger partial charge < -0.3 is 29.0 Å². The van der Waals surface area contributed by atoms with Crippen LogP contribution in [-0.2, 0) is 41.2 Å². The second kappa shape index (κ2) is 14.1. The number of anilines is 1. The number of rotatable bonds is 15. The first kappa shape index (κ1) is 33.1. The van der Waals surface area contributed by atoms with Gasteiger partial charge in [-0.3, -0.25) is 9.36 Å². The van der Waals surface area contributed by atoms with Crippen LogP contribution in [0.1, 0.15) is 63.9 Å². The maximum absolute atomic E-state index is 14.2. The van der Waals surface area contributed by atoms with Gasteiger partial charge in [0.2, 0.25) is 0 Å². The van der Waals surface area contributed by atoms with Gasteiger partial charge in [0.15, 0.2) is 11.5 Å². The molecule has 230 valence electrons. The van der Waals surface area contributed by atoms with E-state index in [2.05, 4.69) is 20.0 Å². The van der Waals surface area contributed by atoms with E-state index in [9.17, 15) is 18.5 Å². The highest BCUT2D eigenvalue weighted by atomic mass is 31.2. The fourth-order valence-electron chi connectivity index (χ4n) is 3.85. The normalized spacial score (nSPS) is 14.1. The van der Waals surface area contributed by atoms with Crippen LogP contribution in [-0.4, -0.2) is 62.2 Å². The molecule has 0 aliphatic heterocycles. The number of carbonyl (C=O) groups excluding carboxylic acids is 2. The Morgan fingerprint density at radius 3 is 2.62 bits per heavy atom. The number of carbonyl (C=O) groups is 2. The number of halogens is 1. The molecule has 2 heterocycles. The summed E-state index contributed by atoms with van der Waals surface area (Å²) in [5.41, 5.74) is 5.56. The third-order valence-electron chi connectivity index (χ3n) is 5.87. The predicted molar refractivity (Wildman–Crippen MR) is 153 cm³/mol. The molecule has 0 radical (unpaired) electrons. The zero-order valence-electron chi connectivity index (χ0n) is 24.6. The monoisotopic (exact) mass is 608 g/mol. The SMILES string of the molecule is CCCOC(=O)C(C)(C)N[P@](=O)(CO[C@H](C)Cn1cnc2c(N)ncnc21)OCc1ccc(F)cc1C(=O)OC(C)C. The van der Waals surface area contributed by atoms with Gasteiger partial charge in [-0.1, -0.05) is 13.0 Å². The van der Waals surface area contributed by atoms with Crippen LogP contribution >= 0.6 is 7.52 Å². The average Bonchev–Trinajstić information content (AvgIpc) is 3.33. The molecule has 3 aromatic rings. The molecule has 1 aromatic carbocycles. The first-order valence-corrected chi connectivity index (χ1v) is 15.3. The van der Waals surface area contributed by atoms with Crippen molar-refractivity contribution in [2.45, 2.75) is 78.9 Å². The molecule has 0 aliphatic rings. The zero-order chi connectivity index (χ0) is 31.1. The Hall–Kier alpha value is -3.45. The number of ether oxygens (including phenoxy) is 3. The maximum Gasteiger partial charge on any atom is 0.338 e. The van der Waals surface area contributed by atoms with E-state index in [1.165, 1.54) is 26.2 Å². The number of nitrogens with two attached hydrogens (primary N) is 1. The number of hydrogen-bond acceptors (Lipinski definition) is 11. The number of nitrogens with zero attached hydrogens (tertiary/aromatic N) is 4. The quantitative estimate of drug-likeness (QED) is 0.186. The molecule has 0 saturated carbocycles. The van der Waals surface area contributed by atoms with Gasteiger partial charge in [-0.05, 0) is 58.7 Å². The summed E-state index contributed by atoms with van der Waals surface area (Å²) in [5.74, 6) is -1.79. The molecule has 0 aliphatic carbocycles. The van der Waals surface area contributed by atoms with Gasteiger partial charge in [0.1, 0.15) is 29.5 Å². The number of nitrogens with one attached hydrogen (secondary N) is 1. The van der Waals surface area contributed by atoms with E-state index in [1.54, 1.807) is 31.7 Å². The van der Waals surface area contributed by atoms with Gasteiger partial charge in [0.25, 0.3) is 7.52 Å². The largest absolute Gasteiger partial charge is 0.464 e. The predicted octanol–water partition coefficient (Wildman–Crippen LogP) is 4.21. The molecular weight excluding hydrogens is 570 g/mol. The van der Waals surface area contributed by atoms with Gasteiger partial charge in [-0.2, -0.15) is 0 Å². The Morgan fingerprint density at radius 1 is 1.19 bits per heavy atom. The minimum Gasteiger partial charge on any atom is -0.464 e. The molecule has 15 heteroatoms. The highest BCUT2D eigenvalue weighted by Gasteiger charge is 2.39. The second-order valence-electron chi connectivity index (χ2n) is 10.5. The molecule has 2 aromatic heterocycles. The molecule has 0 amide bonds. The van der Waals surface area contributed by atoms with Gasteiger partial charge in [-0.15, -0.1) is 0 Å². The van der Waals surface area contributed by atoms with E-state index in [-0.39, 0.29) is 36.7 Å². The average molecular weight is 609 g/mol. The van der Waals surface area contributed by atoms with Crippen molar-refractivity contribution in [3.63, 3.8) is 0 Å². The van der Waals surface area contributed by atoms with Gasteiger partial charge in [-0.25, -0.2) is 29.2 Å². The minimum atomic E-state index is -3.97. The second-order valence-corrected chi connectivity index (χ2v) is 12.6. The Morgan fingerprint density at radius 2 is 1.93 bits per heavy atom. The van der Waals surface area contributed by atoms with Crippen LogP contribution in [0.5, 0.6) is 0 Å². The number of aromatic nitrogens is 4. The summed E-state index contributed by atoms with van der Waals surface area (Å²) in [6, 6.07) is 3.52. The van der Waals surface area contributed by atoms with E-state index >= 15 is 0 Å². The molecule has 0 fully saturated rings. The number of esters is 2. The van der Waals surface area contributed by atoms with E-state index in [0.717, 1.165) is 12.1 Å². The van der Waals surface area contributed by atoms with Crippen LogP contribution in [0.2, 0.25) is 0 Å². The van der Waals surface area contributed by atoms with Crippen LogP contribution in [0.15, 0.2) is 30.9 Å². The van der Waals surface area contributed by atoms with Crippen molar-refractivity contribution in [3.8, 4) is 0 Å². The lowest BCUT2D eigenvalue weighted by Gasteiger charge is -2.30. The summed E-state index contributed by atoms with van der Waals surface area (Å²) >= 11 is 0. The lowest BCUT2D eigenvalue weighted by atomic mass is 10.1. The molecule has 13 nitrogen and oxygen atoms in total. The lowest BCUT2D eigenvalue weighted by Crippen LogP contribution is -2.47. The summed E-state index contributed by atoms with van der Waals surface area (Å²) in [6.07, 6.45) is 2.07. The summed E-state index contributed by atoms with van der Waals surface area (Å²) in [4.78, 5) is 37.7. The van der Waals surface area contributed by atoms with Crippen molar-refractivity contribution < 1.29 is 37.3 Å². The topological polar surface area (TPSA) is 170 Å². The van der Waals surface area contributed by atoms with Crippen LogP contribution in [0.25, 0.3) is 11.2 Å². The smallest absolute Gasteiger partial charge is 0.338 e. The Bertz CT molecular complexity index is 1450. The zero-order valence-corrected chi connectivity index (χ0v) is 25.5. The lowest BCUT2D eigenvalue weighted by molar-refractivity contribution is -0.149. The standard InChI is InChI=1S/C27H38FN6O7P/c1-7-10-38-26(36)27(5,6)33-42(37,40-13-19-8-9-20(28)11-21(19)25(35)41-17(2)3)16-39-18(4)12-34-15-32-22-23(29)30-14-31-24(22)34/h8-9,11,14-15,17-18H,7,10,12-13,16H2,1-6H3,(H,33,37)(H2,29,30,31)/t18-,42+/m1/s1. The molecule has 0 spiro atoms. The van der Waals surface area contributed by atoms with E-state index in [1.807, 2.05) is 6.92 Å². The van der Waals surface area contributed by atoms with Crippen LogP contribution in [0.3, 0.4) is 0 Å². The Labute approximate surface area is 243 Å². The first-order chi connectivity index (χ1) is 19.7. The highest BCUT2D eigenvalue weighted by molar-refractivity contribution is 7.56. The number of fused-ring (bicyclic) bond motifs is 1.